The lowest BCUT2D eigenvalue weighted by molar-refractivity contribution is 0.0234. The van der Waals surface area contributed by atoms with Crippen molar-refractivity contribution in [2.75, 3.05) is 23.7 Å². The van der Waals surface area contributed by atoms with Crippen LogP contribution in [-0.2, 0) is 11.3 Å². The number of anilines is 2. The van der Waals surface area contributed by atoms with Crippen LogP contribution in [0.5, 0.6) is 0 Å². The van der Waals surface area contributed by atoms with E-state index in [4.69, 9.17) is 16.2 Å². The molecule has 1 aliphatic carbocycles. The third-order valence-corrected chi connectivity index (χ3v) is 5.30. The highest BCUT2D eigenvalue weighted by Gasteiger charge is 2.30. The molecule has 2 aliphatic rings. The van der Waals surface area contributed by atoms with E-state index in [-0.39, 0.29) is 6.10 Å². The fourth-order valence-electron chi connectivity index (χ4n) is 3.68. The maximum absolute atomic E-state index is 6.02. The van der Waals surface area contributed by atoms with Gasteiger partial charge in [0.15, 0.2) is 0 Å². The summed E-state index contributed by atoms with van der Waals surface area (Å²) in [4.78, 5) is 15.4. The lowest BCUT2D eigenvalue weighted by atomic mass is 9.78. The van der Waals surface area contributed by atoms with Gasteiger partial charge in [-0.05, 0) is 37.8 Å². The largest absolute Gasteiger partial charge is 0.372 e. The average Bonchev–Trinajstić information content (AvgIpc) is 2.64. The minimum atomic E-state index is 0.261. The summed E-state index contributed by atoms with van der Waals surface area (Å²) in [7, 11) is 0. The van der Waals surface area contributed by atoms with Gasteiger partial charge in [-0.1, -0.05) is 6.07 Å². The van der Waals surface area contributed by atoms with Crippen LogP contribution in [0.25, 0.3) is 0 Å². The highest BCUT2D eigenvalue weighted by Crippen LogP contribution is 2.36. The predicted molar refractivity (Wildman–Crippen MR) is 101 cm³/mol. The summed E-state index contributed by atoms with van der Waals surface area (Å²) in [5.41, 5.74) is 13.9. The van der Waals surface area contributed by atoms with Crippen molar-refractivity contribution in [3.63, 3.8) is 0 Å². The van der Waals surface area contributed by atoms with Crippen LogP contribution in [0.2, 0.25) is 0 Å². The molecule has 3 heterocycles. The Morgan fingerprint density at radius 3 is 2.65 bits per heavy atom. The average molecular weight is 354 g/mol. The summed E-state index contributed by atoms with van der Waals surface area (Å²) in [6.45, 7) is 2.39. The molecule has 7 nitrogen and oxygen atoms in total. The number of pyridine rings is 1. The first kappa shape index (κ1) is 17.2. The second kappa shape index (κ2) is 7.55. The molecule has 0 spiro atoms. The molecule has 4 N–H and O–H groups in total. The smallest absolute Gasteiger partial charge is 0.222 e. The molecule has 7 heteroatoms. The van der Waals surface area contributed by atoms with Gasteiger partial charge in [0.25, 0.3) is 0 Å². The third kappa shape index (κ3) is 3.94. The molecule has 2 fully saturated rings. The van der Waals surface area contributed by atoms with Gasteiger partial charge in [0.2, 0.25) is 5.95 Å². The van der Waals surface area contributed by atoms with Crippen LogP contribution in [0.15, 0.2) is 30.5 Å². The van der Waals surface area contributed by atoms with Crippen molar-refractivity contribution in [2.24, 2.45) is 5.73 Å². The predicted octanol–water partition coefficient (Wildman–Crippen LogP) is 1.84. The van der Waals surface area contributed by atoms with Crippen molar-refractivity contribution in [2.45, 2.75) is 50.4 Å². The Kier molecular flexibility index (Phi) is 4.99. The van der Waals surface area contributed by atoms with Gasteiger partial charge in [0.1, 0.15) is 5.82 Å². The standard InChI is InChI=1S/C19H26N6O/c20-14-9-13(10-14)17-11-18(24-19(21)23-17)25-7-4-16(5-8-25)26-12-15-3-1-2-6-22-15/h1-3,6,11,13-14,16H,4-5,7-10,12,20H2,(H2,21,23,24). The number of rotatable bonds is 5. The summed E-state index contributed by atoms with van der Waals surface area (Å²) < 4.78 is 6.02. The van der Waals surface area contributed by atoms with E-state index < -0.39 is 0 Å². The van der Waals surface area contributed by atoms with Crippen LogP contribution in [0, 0.1) is 0 Å². The number of nitrogens with zero attached hydrogens (tertiary/aromatic N) is 4. The quantitative estimate of drug-likeness (QED) is 0.844. The zero-order valence-corrected chi connectivity index (χ0v) is 14.9. The zero-order chi connectivity index (χ0) is 17.9. The molecule has 1 saturated heterocycles. The fourth-order valence-corrected chi connectivity index (χ4v) is 3.68. The minimum absolute atomic E-state index is 0.261. The highest BCUT2D eigenvalue weighted by atomic mass is 16.5. The monoisotopic (exact) mass is 354 g/mol. The number of nitrogens with two attached hydrogens (primary N) is 2. The Hall–Kier alpha value is -2.25. The molecule has 138 valence electrons. The number of ether oxygens (including phenoxy) is 1. The van der Waals surface area contributed by atoms with Crippen LogP contribution in [0.1, 0.15) is 43.0 Å². The van der Waals surface area contributed by atoms with Crippen LogP contribution in [0.3, 0.4) is 0 Å². The van der Waals surface area contributed by atoms with Crippen LogP contribution < -0.4 is 16.4 Å². The molecule has 1 aliphatic heterocycles. The second-order valence-electron chi connectivity index (χ2n) is 7.26. The first-order valence-corrected chi connectivity index (χ1v) is 9.34. The Morgan fingerprint density at radius 1 is 1.15 bits per heavy atom. The lowest BCUT2D eigenvalue weighted by Crippen LogP contribution is -2.38. The highest BCUT2D eigenvalue weighted by molar-refractivity contribution is 5.45. The van der Waals surface area contributed by atoms with Gasteiger partial charge in [0.05, 0.1) is 24.1 Å². The van der Waals surface area contributed by atoms with Crippen LogP contribution in [0.4, 0.5) is 11.8 Å². The van der Waals surface area contributed by atoms with E-state index in [0.29, 0.717) is 24.5 Å². The van der Waals surface area contributed by atoms with Crippen molar-refractivity contribution in [3.05, 3.63) is 41.9 Å². The number of hydrogen-bond donors (Lipinski definition) is 2. The Morgan fingerprint density at radius 2 is 1.96 bits per heavy atom. The lowest BCUT2D eigenvalue weighted by Gasteiger charge is -2.35. The molecular weight excluding hydrogens is 328 g/mol. The van der Waals surface area contributed by atoms with Crippen molar-refractivity contribution in [3.8, 4) is 0 Å². The molecule has 2 aromatic rings. The summed E-state index contributed by atoms with van der Waals surface area (Å²) in [5, 5.41) is 0. The Bertz CT molecular complexity index is 726. The van der Waals surface area contributed by atoms with Gasteiger partial charge in [0, 0.05) is 37.3 Å². The molecule has 1 saturated carbocycles. The maximum atomic E-state index is 6.02. The van der Waals surface area contributed by atoms with Crippen molar-refractivity contribution < 1.29 is 4.74 Å². The maximum Gasteiger partial charge on any atom is 0.222 e. The van der Waals surface area contributed by atoms with Crippen LogP contribution in [-0.4, -0.2) is 40.2 Å². The van der Waals surface area contributed by atoms with Gasteiger partial charge in [-0.25, -0.2) is 4.98 Å². The van der Waals surface area contributed by atoms with Crippen LogP contribution >= 0.6 is 0 Å². The van der Waals surface area contributed by atoms with E-state index in [1.54, 1.807) is 6.20 Å². The molecule has 0 aromatic carbocycles. The zero-order valence-electron chi connectivity index (χ0n) is 14.9. The molecule has 0 unspecified atom stereocenters. The van der Waals surface area contributed by atoms with E-state index in [0.717, 1.165) is 56.0 Å². The SMILES string of the molecule is Nc1nc(C2CC(N)C2)cc(N2CCC(OCc3ccccn3)CC2)n1. The number of nitrogen functional groups attached to an aromatic ring is 1. The van der Waals surface area contributed by atoms with Crippen molar-refractivity contribution in [1.29, 1.82) is 0 Å². The van der Waals surface area contributed by atoms with Gasteiger partial charge in [-0.15, -0.1) is 0 Å². The number of aromatic nitrogens is 3. The minimum Gasteiger partial charge on any atom is -0.372 e. The van der Waals surface area contributed by atoms with E-state index >= 15 is 0 Å². The van der Waals surface area contributed by atoms with Gasteiger partial charge >= 0.3 is 0 Å². The molecular formula is C19H26N6O. The molecule has 0 amide bonds. The number of piperidine rings is 1. The van der Waals surface area contributed by atoms with Gasteiger partial charge < -0.3 is 21.1 Å². The van der Waals surface area contributed by atoms with Crippen molar-refractivity contribution >= 4 is 11.8 Å². The summed E-state index contributed by atoms with van der Waals surface area (Å²) in [6.07, 6.45) is 5.98. The summed E-state index contributed by atoms with van der Waals surface area (Å²) in [6, 6.07) is 8.28. The normalized spacial score (nSPS) is 23.7. The second-order valence-corrected chi connectivity index (χ2v) is 7.26. The molecule has 0 bridgehead atoms. The van der Waals surface area contributed by atoms with Crippen molar-refractivity contribution in [1.82, 2.24) is 15.0 Å². The van der Waals surface area contributed by atoms with E-state index in [1.165, 1.54) is 0 Å². The summed E-state index contributed by atoms with van der Waals surface area (Å²) in [5.74, 6) is 1.70. The number of hydrogen-bond acceptors (Lipinski definition) is 7. The summed E-state index contributed by atoms with van der Waals surface area (Å²) >= 11 is 0. The van der Waals surface area contributed by atoms with E-state index in [2.05, 4.69) is 25.9 Å². The first-order valence-electron chi connectivity index (χ1n) is 9.34. The molecule has 2 aromatic heterocycles. The third-order valence-electron chi connectivity index (χ3n) is 5.30. The van der Waals surface area contributed by atoms with E-state index in [1.807, 2.05) is 18.2 Å². The Labute approximate surface area is 153 Å². The first-order chi connectivity index (χ1) is 12.7. The van der Waals surface area contributed by atoms with Gasteiger partial charge in [-0.3, -0.25) is 4.98 Å². The molecule has 4 rings (SSSR count). The van der Waals surface area contributed by atoms with Gasteiger partial charge in [-0.2, -0.15) is 4.98 Å². The molecule has 0 radical (unpaired) electrons. The Balaban J connectivity index is 1.33. The molecule has 0 atom stereocenters. The fraction of sp³-hybridized carbons (Fsp3) is 0.526. The topological polar surface area (TPSA) is 103 Å². The van der Waals surface area contributed by atoms with E-state index in [9.17, 15) is 0 Å². The molecule has 26 heavy (non-hydrogen) atoms.